The third-order valence-corrected chi connectivity index (χ3v) is 3.85. The molecule has 0 amide bonds. The van der Waals surface area contributed by atoms with Gasteiger partial charge in [-0.1, -0.05) is 44.4 Å². The third-order valence-electron chi connectivity index (χ3n) is 3.85. The summed E-state index contributed by atoms with van der Waals surface area (Å²) in [6, 6.07) is 1.92. The Morgan fingerprint density at radius 1 is 1.35 bits per heavy atom. The molecule has 0 radical (unpaired) electrons. The zero-order valence-corrected chi connectivity index (χ0v) is 12.5. The second-order valence-electron chi connectivity index (χ2n) is 5.34. The van der Waals surface area contributed by atoms with E-state index in [1.165, 1.54) is 11.1 Å². The quantitative estimate of drug-likeness (QED) is 0.758. The summed E-state index contributed by atoms with van der Waals surface area (Å²) in [5.41, 5.74) is 3.66. The lowest BCUT2D eigenvalue weighted by Gasteiger charge is -2.23. The van der Waals surface area contributed by atoms with Crippen LogP contribution in [-0.4, -0.2) is 4.98 Å². The van der Waals surface area contributed by atoms with E-state index in [0.717, 1.165) is 35.4 Å². The molecule has 1 unspecified atom stereocenters. The van der Waals surface area contributed by atoms with Crippen LogP contribution in [0.3, 0.4) is 0 Å². The maximum absolute atomic E-state index is 4.57. The number of hydrogen-bond acceptors (Lipinski definition) is 1. The van der Waals surface area contributed by atoms with Gasteiger partial charge in [-0.15, -0.1) is 0 Å². The summed E-state index contributed by atoms with van der Waals surface area (Å²) in [6.07, 6.45) is 14.1. The minimum Gasteiger partial charge on any atom is -0.256 e. The van der Waals surface area contributed by atoms with Gasteiger partial charge in [0, 0.05) is 6.20 Å². The van der Waals surface area contributed by atoms with Gasteiger partial charge < -0.3 is 0 Å². The summed E-state index contributed by atoms with van der Waals surface area (Å²) >= 11 is 0. The van der Waals surface area contributed by atoms with Crippen molar-refractivity contribution in [3.05, 3.63) is 58.3 Å². The smallest absolute Gasteiger partial charge is 0.0739 e. The molecule has 0 saturated carbocycles. The first kappa shape index (κ1) is 14.5. The van der Waals surface area contributed by atoms with Crippen LogP contribution in [0.2, 0.25) is 0 Å². The van der Waals surface area contributed by atoms with Crippen molar-refractivity contribution >= 4 is 18.7 Å². The van der Waals surface area contributed by atoms with Gasteiger partial charge in [-0.25, -0.2) is 0 Å². The topological polar surface area (TPSA) is 12.9 Å². The lowest BCUT2D eigenvalue weighted by molar-refractivity contribution is 0.679. The molecule has 0 fully saturated rings. The van der Waals surface area contributed by atoms with Crippen LogP contribution in [0, 0.1) is 5.92 Å². The van der Waals surface area contributed by atoms with Gasteiger partial charge in [0.1, 0.15) is 0 Å². The highest BCUT2D eigenvalue weighted by atomic mass is 14.7. The summed E-state index contributed by atoms with van der Waals surface area (Å²) in [5.74, 6) is 0.498. The minimum atomic E-state index is 0.498. The number of rotatable bonds is 4. The SMILES string of the molecule is C=c1ccnc(C2=C(C)C=CCC2CC=CCC)c1=C. The van der Waals surface area contributed by atoms with Crippen molar-refractivity contribution in [2.45, 2.75) is 33.1 Å². The van der Waals surface area contributed by atoms with E-state index in [2.05, 4.69) is 56.3 Å². The first-order chi connectivity index (χ1) is 9.65. The highest BCUT2D eigenvalue weighted by Crippen LogP contribution is 2.33. The summed E-state index contributed by atoms with van der Waals surface area (Å²) < 4.78 is 0. The van der Waals surface area contributed by atoms with Gasteiger partial charge >= 0.3 is 0 Å². The maximum Gasteiger partial charge on any atom is 0.0739 e. The van der Waals surface area contributed by atoms with Crippen LogP contribution in [0.25, 0.3) is 18.7 Å². The summed E-state index contributed by atoms with van der Waals surface area (Å²) in [5, 5.41) is 1.93. The monoisotopic (exact) mass is 265 g/mol. The predicted molar refractivity (Wildman–Crippen MR) is 88.4 cm³/mol. The molecular weight excluding hydrogens is 242 g/mol. The van der Waals surface area contributed by atoms with Gasteiger partial charge in [-0.05, 0) is 59.8 Å². The molecule has 1 heterocycles. The summed E-state index contributed by atoms with van der Waals surface area (Å²) in [7, 11) is 0. The normalized spacial score (nSPS) is 19.0. The number of aromatic nitrogens is 1. The Morgan fingerprint density at radius 2 is 2.15 bits per heavy atom. The first-order valence-electron chi connectivity index (χ1n) is 7.30. The van der Waals surface area contributed by atoms with Gasteiger partial charge in [-0.3, -0.25) is 4.98 Å². The Hall–Kier alpha value is -1.89. The molecular formula is C19H23N. The molecule has 104 valence electrons. The van der Waals surface area contributed by atoms with Crippen LogP contribution in [-0.2, 0) is 0 Å². The molecule has 0 N–H and O–H groups in total. The number of hydrogen-bond donors (Lipinski definition) is 0. The fraction of sp³-hybridized carbons (Fsp3) is 0.316. The van der Waals surface area contributed by atoms with E-state index in [4.69, 9.17) is 0 Å². The Bertz CT molecular complexity index is 661. The lowest BCUT2D eigenvalue weighted by Crippen LogP contribution is -2.28. The molecule has 1 aliphatic rings. The molecule has 1 aromatic rings. The van der Waals surface area contributed by atoms with Crippen molar-refractivity contribution < 1.29 is 0 Å². The van der Waals surface area contributed by atoms with E-state index in [1.807, 2.05) is 12.3 Å². The van der Waals surface area contributed by atoms with E-state index < -0.39 is 0 Å². The fourth-order valence-electron chi connectivity index (χ4n) is 2.72. The molecule has 1 heteroatoms. The lowest BCUT2D eigenvalue weighted by atomic mass is 9.82. The summed E-state index contributed by atoms with van der Waals surface area (Å²) in [4.78, 5) is 4.57. The second kappa shape index (κ2) is 6.51. The molecule has 0 spiro atoms. The second-order valence-corrected chi connectivity index (χ2v) is 5.34. The van der Waals surface area contributed by atoms with Crippen molar-refractivity contribution in [2.75, 3.05) is 0 Å². The molecule has 0 saturated heterocycles. The molecule has 1 aliphatic carbocycles. The number of nitrogens with zero attached hydrogens (tertiary/aromatic N) is 1. The average molecular weight is 265 g/mol. The van der Waals surface area contributed by atoms with Gasteiger partial charge in [0.2, 0.25) is 0 Å². The van der Waals surface area contributed by atoms with Crippen molar-refractivity contribution in [1.29, 1.82) is 0 Å². The zero-order valence-electron chi connectivity index (χ0n) is 12.5. The number of pyridine rings is 1. The molecule has 1 nitrogen and oxygen atoms in total. The Morgan fingerprint density at radius 3 is 2.90 bits per heavy atom. The molecule has 20 heavy (non-hydrogen) atoms. The highest BCUT2D eigenvalue weighted by Gasteiger charge is 2.20. The molecule has 0 aliphatic heterocycles. The van der Waals surface area contributed by atoms with Crippen LogP contribution < -0.4 is 10.4 Å². The van der Waals surface area contributed by atoms with Crippen LogP contribution in [0.5, 0.6) is 0 Å². The van der Waals surface area contributed by atoms with E-state index in [1.54, 1.807) is 0 Å². The third kappa shape index (κ3) is 2.98. The highest BCUT2D eigenvalue weighted by molar-refractivity contribution is 5.71. The van der Waals surface area contributed by atoms with Crippen molar-refractivity contribution in [3.63, 3.8) is 0 Å². The predicted octanol–water partition coefficient (Wildman–Crippen LogP) is 3.61. The first-order valence-corrected chi connectivity index (χ1v) is 7.30. The van der Waals surface area contributed by atoms with E-state index >= 15 is 0 Å². The largest absolute Gasteiger partial charge is 0.256 e. The van der Waals surface area contributed by atoms with E-state index in [0.29, 0.717) is 5.92 Å². The summed E-state index contributed by atoms with van der Waals surface area (Å²) in [6.45, 7) is 12.5. The van der Waals surface area contributed by atoms with Gasteiger partial charge in [0.15, 0.2) is 0 Å². The fourth-order valence-corrected chi connectivity index (χ4v) is 2.72. The van der Waals surface area contributed by atoms with Crippen molar-refractivity contribution in [3.8, 4) is 0 Å². The standard InChI is InChI=1S/C19H23N/c1-5-6-7-10-17-11-8-9-15(3)18(17)19-16(4)14(2)12-13-20-19/h6-9,12-13,17H,2,4-5,10-11H2,1,3H3. The molecule has 0 aromatic carbocycles. The molecule has 1 aromatic heterocycles. The Balaban J connectivity index is 2.45. The molecule has 0 bridgehead atoms. The molecule has 2 rings (SSSR count). The van der Waals surface area contributed by atoms with Gasteiger partial charge in [0.05, 0.1) is 5.69 Å². The van der Waals surface area contributed by atoms with E-state index in [-0.39, 0.29) is 0 Å². The number of allylic oxidation sites excluding steroid dienone is 6. The Labute approximate surface area is 121 Å². The van der Waals surface area contributed by atoms with Crippen molar-refractivity contribution in [1.82, 2.24) is 4.98 Å². The van der Waals surface area contributed by atoms with Crippen LogP contribution in [0.1, 0.15) is 38.8 Å². The van der Waals surface area contributed by atoms with Gasteiger partial charge in [-0.2, -0.15) is 0 Å². The zero-order chi connectivity index (χ0) is 14.5. The maximum atomic E-state index is 4.57. The minimum absolute atomic E-state index is 0.498. The van der Waals surface area contributed by atoms with E-state index in [9.17, 15) is 0 Å². The Kier molecular flexibility index (Phi) is 4.73. The van der Waals surface area contributed by atoms with Gasteiger partial charge in [0.25, 0.3) is 0 Å². The van der Waals surface area contributed by atoms with Crippen LogP contribution in [0.15, 0.2) is 42.1 Å². The van der Waals surface area contributed by atoms with Crippen LogP contribution >= 0.6 is 0 Å². The van der Waals surface area contributed by atoms with Crippen LogP contribution in [0.4, 0.5) is 0 Å². The van der Waals surface area contributed by atoms with Crippen molar-refractivity contribution in [2.24, 2.45) is 5.92 Å². The molecule has 1 atom stereocenters. The average Bonchev–Trinajstić information content (AvgIpc) is 2.43.